The number of hydrogen-bond acceptors (Lipinski definition) is 7. The number of para-hydroxylation sites is 1. The van der Waals surface area contributed by atoms with Gasteiger partial charge >= 0.3 is 5.97 Å². The molecule has 2 aromatic rings. The van der Waals surface area contributed by atoms with Crippen molar-refractivity contribution >= 4 is 56.0 Å². The molecule has 0 saturated heterocycles. The Bertz CT molecular complexity index is 1080. The molecule has 1 aliphatic heterocycles. The molecule has 1 aromatic heterocycles. The number of hydrogen-bond donors (Lipinski definition) is 0. The van der Waals surface area contributed by atoms with Gasteiger partial charge in [-0.25, -0.2) is 12.7 Å². The van der Waals surface area contributed by atoms with E-state index in [1.807, 2.05) is 6.07 Å². The fraction of sp³-hybridized carbons (Fsp3) is 0.263. The Morgan fingerprint density at radius 1 is 1.36 bits per heavy atom. The Balaban J connectivity index is 2.32. The summed E-state index contributed by atoms with van der Waals surface area (Å²) in [6, 6.07) is 10.6. The highest BCUT2D eigenvalue weighted by Gasteiger charge is 2.41. The van der Waals surface area contributed by atoms with E-state index in [0.717, 1.165) is 11.8 Å². The highest BCUT2D eigenvalue weighted by molar-refractivity contribution is 8.19. The number of fused-ring (bicyclic) bond motifs is 1. The molecule has 1 aromatic carbocycles. The predicted octanol–water partition coefficient (Wildman–Crippen LogP) is 4.45. The highest BCUT2D eigenvalue weighted by Crippen LogP contribution is 2.51. The molecule has 146 valence electrons. The lowest BCUT2D eigenvalue weighted by Crippen LogP contribution is -2.31. The molecule has 0 saturated carbocycles. The first kappa shape index (κ1) is 20.5. The summed E-state index contributed by atoms with van der Waals surface area (Å²) in [5.74, 6) is -1.88. The monoisotopic (exact) mass is 434 g/mol. The van der Waals surface area contributed by atoms with Crippen molar-refractivity contribution < 1.29 is 17.9 Å². The van der Waals surface area contributed by atoms with Crippen LogP contribution in [-0.4, -0.2) is 27.2 Å². The Hall–Kier alpha value is -2.28. The number of carbonyl (C=O) groups is 1. The molecule has 0 fully saturated rings. The van der Waals surface area contributed by atoms with Crippen LogP contribution >= 0.6 is 23.1 Å². The van der Waals surface area contributed by atoms with Crippen molar-refractivity contribution in [3.63, 3.8) is 0 Å². The van der Waals surface area contributed by atoms with Crippen LogP contribution in [-0.2, 0) is 19.6 Å². The van der Waals surface area contributed by atoms with E-state index in [0.29, 0.717) is 27.4 Å². The molecule has 1 atom stereocenters. The van der Waals surface area contributed by atoms with Gasteiger partial charge < -0.3 is 4.74 Å². The molecular formula is C19H18N2O4S3. The molecule has 0 N–H and O–H groups in total. The summed E-state index contributed by atoms with van der Waals surface area (Å²) >= 11 is 2.35. The number of carbonyl (C=O) groups excluding carboxylic acids is 1. The standard InChI is InChI=1S/C19H18N2O4S3/c1-4-25-18(22)14(10-20)17-16-15(11-27-17)12(2)19(26-3)28(23,24)21(16)13-8-6-5-7-9-13/h5-9,11,14H,4H2,1-3H3. The van der Waals surface area contributed by atoms with E-state index in [4.69, 9.17) is 4.74 Å². The second-order valence-corrected chi connectivity index (χ2v) is 9.61. The Labute approximate surface area is 172 Å². The lowest BCUT2D eigenvalue weighted by atomic mass is 10.0. The summed E-state index contributed by atoms with van der Waals surface area (Å²) in [5, 5.41) is 11.4. The van der Waals surface area contributed by atoms with E-state index in [9.17, 15) is 18.5 Å². The summed E-state index contributed by atoms with van der Waals surface area (Å²) in [4.78, 5) is 12.7. The number of benzene rings is 1. The van der Waals surface area contributed by atoms with Crippen LogP contribution in [0.25, 0.3) is 5.57 Å². The van der Waals surface area contributed by atoms with Crippen LogP contribution in [0.3, 0.4) is 0 Å². The molecule has 0 aliphatic carbocycles. The van der Waals surface area contributed by atoms with E-state index in [2.05, 4.69) is 0 Å². The number of esters is 1. The van der Waals surface area contributed by atoms with Gasteiger partial charge in [-0.1, -0.05) is 18.2 Å². The predicted molar refractivity (Wildman–Crippen MR) is 113 cm³/mol. The summed E-state index contributed by atoms with van der Waals surface area (Å²) in [7, 11) is -3.88. The SMILES string of the molecule is CCOC(=O)C(C#N)c1scc2c1N(c1ccccc1)S(=O)(=O)C(SC)=C2C. The van der Waals surface area contributed by atoms with Crippen molar-refractivity contribution in [2.24, 2.45) is 0 Å². The van der Waals surface area contributed by atoms with Gasteiger partial charge in [-0.3, -0.25) is 4.79 Å². The lowest BCUT2D eigenvalue weighted by Gasteiger charge is -2.32. The minimum Gasteiger partial charge on any atom is -0.465 e. The number of rotatable bonds is 5. The van der Waals surface area contributed by atoms with Crippen LogP contribution in [0, 0.1) is 11.3 Å². The zero-order valence-corrected chi connectivity index (χ0v) is 18.0. The maximum absolute atomic E-state index is 13.4. The number of anilines is 2. The molecule has 1 aliphatic rings. The van der Waals surface area contributed by atoms with Crippen molar-refractivity contribution in [3.05, 3.63) is 50.4 Å². The van der Waals surface area contributed by atoms with Crippen LogP contribution < -0.4 is 4.31 Å². The molecule has 0 radical (unpaired) electrons. The van der Waals surface area contributed by atoms with Crippen molar-refractivity contribution in [2.75, 3.05) is 17.2 Å². The Morgan fingerprint density at radius 2 is 2.04 bits per heavy atom. The molecule has 6 nitrogen and oxygen atoms in total. The van der Waals surface area contributed by atoms with Gasteiger partial charge in [-0.05, 0) is 37.8 Å². The smallest absolute Gasteiger partial charge is 0.328 e. The van der Waals surface area contributed by atoms with Crippen molar-refractivity contribution in [3.8, 4) is 6.07 Å². The number of sulfonamides is 1. The molecule has 0 amide bonds. The molecule has 0 bridgehead atoms. The first-order valence-corrected chi connectivity index (χ1v) is 12.0. The summed E-state index contributed by atoms with van der Waals surface area (Å²) < 4.78 is 33.4. The molecule has 0 spiro atoms. The fourth-order valence-electron chi connectivity index (χ4n) is 3.09. The van der Waals surface area contributed by atoms with Gasteiger partial charge in [0.25, 0.3) is 10.0 Å². The first-order chi connectivity index (χ1) is 13.4. The second-order valence-electron chi connectivity index (χ2n) is 5.90. The average molecular weight is 435 g/mol. The van der Waals surface area contributed by atoms with E-state index < -0.39 is 21.9 Å². The van der Waals surface area contributed by atoms with Gasteiger partial charge in [0.05, 0.1) is 28.9 Å². The van der Waals surface area contributed by atoms with Gasteiger partial charge in [0.15, 0.2) is 5.92 Å². The minimum absolute atomic E-state index is 0.140. The number of nitrogens with zero attached hydrogens (tertiary/aromatic N) is 2. The van der Waals surface area contributed by atoms with Gasteiger partial charge in [0, 0.05) is 10.9 Å². The normalized spacial score (nSPS) is 16.3. The summed E-state index contributed by atoms with van der Waals surface area (Å²) in [5.41, 5.74) is 2.11. The molecule has 3 rings (SSSR count). The van der Waals surface area contributed by atoms with Crippen molar-refractivity contribution in [1.82, 2.24) is 0 Å². The summed E-state index contributed by atoms with van der Waals surface area (Å²) in [6.45, 7) is 3.54. The number of nitriles is 1. The van der Waals surface area contributed by atoms with E-state index in [-0.39, 0.29) is 10.8 Å². The number of thiophene rings is 1. The number of allylic oxidation sites excluding steroid dienone is 1. The van der Waals surface area contributed by atoms with Crippen LogP contribution in [0.1, 0.15) is 30.2 Å². The minimum atomic E-state index is -3.88. The number of ether oxygens (including phenoxy) is 1. The second kappa shape index (κ2) is 7.99. The summed E-state index contributed by atoms with van der Waals surface area (Å²) in [6.07, 6.45) is 1.72. The van der Waals surface area contributed by atoms with Crippen molar-refractivity contribution in [1.29, 1.82) is 5.26 Å². The zero-order chi connectivity index (χ0) is 20.5. The van der Waals surface area contributed by atoms with Gasteiger partial charge in [-0.15, -0.1) is 23.1 Å². The van der Waals surface area contributed by atoms with Crippen LogP contribution in [0.4, 0.5) is 11.4 Å². The maximum Gasteiger partial charge on any atom is 0.328 e. The van der Waals surface area contributed by atoms with Gasteiger partial charge in [0.1, 0.15) is 4.24 Å². The van der Waals surface area contributed by atoms with Crippen LogP contribution in [0.2, 0.25) is 0 Å². The average Bonchev–Trinajstić information content (AvgIpc) is 3.08. The highest BCUT2D eigenvalue weighted by atomic mass is 32.3. The zero-order valence-electron chi connectivity index (χ0n) is 15.5. The Morgan fingerprint density at radius 3 is 2.61 bits per heavy atom. The van der Waals surface area contributed by atoms with E-state index in [1.165, 1.54) is 15.6 Å². The molecule has 1 unspecified atom stereocenters. The largest absolute Gasteiger partial charge is 0.465 e. The molecule has 9 heteroatoms. The van der Waals surface area contributed by atoms with E-state index >= 15 is 0 Å². The van der Waals surface area contributed by atoms with E-state index in [1.54, 1.807) is 55.8 Å². The fourth-order valence-corrected chi connectivity index (χ4v) is 7.26. The molecule has 28 heavy (non-hydrogen) atoms. The van der Waals surface area contributed by atoms with Crippen LogP contribution in [0.5, 0.6) is 0 Å². The molecule has 2 heterocycles. The van der Waals surface area contributed by atoms with Gasteiger partial charge in [0.2, 0.25) is 0 Å². The Kier molecular flexibility index (Phi) is 5.84. The third-order valence-electron chi connectivity index (χ3n) is 4.27. The van der Waals surface area contributed by atoms with Crippen molar-refractivity contribution in [2.45, 2.75) is 19.8 Å². The quantitative estimate of drug-likeness (QED) is 0.646. The molecular weight excluding hydrogens is 416 g/mol. The lowest BCUT2D eigenvalue weighted by molar-refractivity contribution is -0.143. The maximum atomic E-state index is 13.4. The third-order valence-corrected chi connectivity index (χ3v) is 8.76. The third kappa shape index (κ3) is 3.21. The number of thioether (sulfide) groups is 1. The topological polar surface area (TPSA) is 87.5 Å². The van der Waals surface area contributed by atoms with Gasteiger partial charge in [-0.2, -0.15) is 5.26 Å². The van der Waals surface area contributed by atoms with Crippen LogP contribution in [0.15, 0.2) is 39.9 Å². The first-order valence-electron chi connectivity index (χ1n) is 8.41.